The molecule has 1 aromatic carbocycles. The fraction of sp³-hybridized carbons (Fsp3) is 0.385. The summed E-state index contributed by atoms with van der Waals surface area (Å²) in [4.78, 5) is 11.9. The summed E-state index contributed by atoms with van der Waals surface area (Å²) in [6, 6.07) is 7.85. The Kier molecular flexibility index (Phi) is 2.76. The molecule has 0 spiro atoms. The molecule has 2 heterocycles. The Balaban J connectivity index is 1.79. The van der Waals surface area contributed by atoms with Gasteiger partial charge in [-0.1, -0.05) is 12.1 Å². The fourth-order valence-electron chi connectivity index (χ4n) is 2.15. The van der Waals surface area contributed by atoms with E-state index in [4.69, 9.17) is 4.74 Å². The lowest BCUT2D eigenvalue weighted by atomic mass is 10.0. The van der Waals surface area contributed by atoms with Crippen LogP contribution < -0.4 is 5.32 Å². The number of amides is 1. The molecule has 2 aromatic rings. The number of carbonyl (C=O) groups excluding carboxylic acids is 1. The van der Waals surface area contributed by atoms with E-state index in [2.05, 4.69) is 10.4 Å². The van der Waals surface area contributed by atoms with Crippen LogP contribution >= 0.6 is 0 Å². The third-order valence-electron chi connectivity index (χ3n) is 3.20. The van der Waals surface area contributed by atoms with Crippen molar-refractivity contribution in [3.63, 3.8) is 0 Å². The van der Waals surface area contributed by atoms with Gasteiger partial charge in [0.2, 0.25) is 5.91 Å². The van der Waals surface area contributed by atoms with E-state index in [1.54, 1.807) is 4.68 Å². The largest absolute Gasteiger partial charge is 0.381 e. The van der Waals surface area contributed by atoms with Gasteiger partial charge in [-0.05, 0) is 12.1 Å². The van der Waals surface area contributed by atoms with Crippen molar-refractivity contribution in [1.82, 2.24) is 9.78 Å². The number of aryl methyl sites for hydroxylation is 1. The van der Waals surface area contributed by atoms with Gasteiger partial charge in [0.25, 0.3) is 0 Å². The highest BCUT2D eigenvalue weighted by Crippen LogP contribution is 2.22. The molecule has 3 rings (SSSR count). The van der Waals surface area contributed by atoms with E-state index in [-0.39, 0.29) is 5.91 Å². The number of para-hydroxylation sites is 1. The summed E-state index contributed by atoms with van der Waals surface area (Å²) in [6.07, 6.45) is 0.505. The van der Waals surface area contributed by atoms with Crippen LogP contribution in [0.5, 0.6) is 0 Å². The first-order valence-corrected chi connectivity index (χ1v) is 6.03. The Bertz CT molecular complexity index is 587. The smallest absolute Gasteiger partial charge is 0.226 e. The molecular formula is C13H15N3O2. The van der Waals surface area contributed by atoms with Crippen molar-refractivity contribution in [3.05, 3.63) is 24.3 Å². The van der Waals surface area contributed by atoms with Crippen molar-refractivity contribution in [1.29, 1.82) is 0 Å². The SMILES string of the molecule is Cn1nc(NC(=O)CC2COC2)c2ccccc21. The Labute approximate surface area is 105 Å². The van der Waals surface area contributed by atoms with Crippen LogP contribution in [0.15, 0.2) is 24.3 Å². The number of hydrogen-bond donors (Lipinski definition) is 1. The molecule has 1 N–H and O–H groups in total. The predicted octanol–water partition coefficient (Wildman–Crippen LogP) is 1.55. The summed E-state index contributed by atoms with van der Waals surface area (Å²) >= 11 is 0. The average molecular weight is 245 g/mol. The number of benzene rings is 1. The molecule has 1 aromatic heterocycles. The van der Waals surface area contributed by atoms with E-state index in [0.29, 0.717) is 31.4 Å². The minimum atomic E-state index is 0.00662. The van der Waals surface area contributed by atoms with Crippen molar-refractivity contribution < 1.29 is 9.53 Å². The normalized spacial score (nSPS) is 15.6. The molecule has 0 unspecified atom stereocenters. The highest BCUT2D eigenvalue weighted by atomic mass is 16.5. The predicted molar refractivity (Wildman–Crippen MR) is 68.3 cm³/mol. The highest BCUT2D eigenvalue weighted by molar-refractivity contribution is 5.99. The summed E-state index contributed by atoms with van der Waals surface area (Å²) < 4.78 is 6.84. The Morgan fingerprint density at radius 2 is 2.28 bits per heavy atom. The van der Waals surface area contributed by atoms with Gasteiger partial charge in [0.05, 0.1) is 18.7 Å². The zero-order valence-corrected chi connectivity index (χ0v) is 10.2. The van der Waals surface area contributed by atoms with E-state index in [9.17, 15) is 4.79 Å². The van der Waals surface area contributed by atoms with Gasteiger partial charge >= 0.3 is 0 Å². The molecule has 0 saturated carbocycles. The number of rotatable bonds is 3. The summed E-state index contributed by atoms with van der Waals surface area (Å²) in [5, 5.41) is 8.18. The molecule has 1 amide bonds. The minimum absolute atomic E-state index is 0.00662. The molecule has 5 heteroatoms. The highest BCUT2D eigenvalue weighted by Gasteiger charge is 2.22. The maximum absolute atomic E-state index is 11.9. The van der Waals surface area contributed by atoms with Crippen molar-refractivity contribution in [2.45, 2.75) is 6.42 Å². The first-order chi connectivity index (χ1) is 8.74. The third kappa shape index (κ3) is 1.97. The van der Waals surface area contributed by atoms with E-state index >= 15 is 0 Å². The molecule has 1 aliphatic heterocycles. The molecule has 1 fully saturated rings. The second kappa shape index (κ2) is 4.42. The number of aromatic nitrogens is 2. The van der Waals surface area contributed by atoms with Gasteiger partial charge in [-0.25, -0.2) is 0 Å². The van der Waals surface area contributed by atoms with Gasteiger partial charge in [-0.2, -0.15) is 5.10 Å². The number of hydrogen-bond acceptors (Lipinski definition) is 3. The topological polar surface area (TPSA) is 56.2 Å². The molecule has 0 bridgehead atoms. The Morgan fingerprint density at radius 3 is 3.00 bits per heavy atom. The summed E-state index contributed by atoms with van der Waals surface area (Å²) in [6.45, 7) is 1.38. The standard InChI is InChI=1S/C13H15N3O2/c1-16-11-5-3-2-4-10(11)13(15-16)14-12(17)6-9-7-18-8-9/h2-5,9H,6-8H2,1H3,(H,14,15,17). The summed E-state index contributed by atoms with van der Waals surface area (Å²) in [7, 11) is 1.87. The molecular weight excluding hydrogens is 230 g/mol. The molecule has 1 saturated heterocycles. The monoisotopic (exact) mass is 245 g/mol. The van der Waals surface area contributed by atoms with E-state index in [1.807, 2.05) is 31.3 Å². The number of carbonyl (C=O) groups is 1. The van der Waals surface area contributed by atoms with Crippen LogP contribution in [0.4, 0.5) is 5.82 Å². The lowest BCUT2D eigenvalue weighted by Gasteiger charge is -2.24. The molecule has 0 radical (unpaired) electrons. The second-order valence-electron chi connectivity index (χ2n) is 4.65. The molecule has 18 heavy (non-hydrogen) atoms. The van der Waals surface area contributed by atoms with Gasteiger partial charge in [0, 0.05) is 24.8 Å². The van der Waals surface area contributed by atoms with Crippen molar-refractivity contribution in [2.24, 2.45) is 13.0 Å². The third-order valence-corrected chi connectivity index (χ3v) is 3.20. The maximum Gasteiger partial charge on any atom is 0.226 e. The van der Waals surface area contributed by atoms with Gasteiger partial charge in [-0.3, -0.25) is 9.48 Å². The molecule has 0 aliphatic carbocycles. The number of nitrogens with one attached hydrogen (secondary N) is 1. The molecule has 0 atom stereocenters. The van der Waals surface area contributed by atoms with Crippen molar-refractivity contribution >= 4 is 22.6 Å². The molecule has 94 valence electrons. The minimum Gasteiger partial charge on any atom is -0.381 e. The average Bonchev–Trinajstić information content (AvgIpc) is 2.62. The van der Waals surface area contributed by atoms with Gasteiger partial charge < -0.3 is 10.1 Å². The van der Waals surface area contributed by atoms with Crippen LogP contribution in [-0.2, 0) is 16.6 Å². The van der Waals surface area contributed by atoms with Crippen LogP contribution in [-0.4, -0.2) is 28.9 Å². The van der Waals surface area contributed by atoms with Crippen molar-refractivity contribution in [3.8, 4) is 0 Å². The molecule has 5 nitrogen and oxygen atoms in total. The maximum atomic E-state index is 11.9. The van der Waals surface area contributed by atoms with Gasteiger partial charge in [0.1, 0.15) is 0 Å². The van der Waals surface area contributed by atoms with Gasteiger partial charge in [-0.15, -0.1) is 0 Å². The first-order valence-electron chi connectivity index (χ1n) is 6.03. The number of nitrogens with zero attached hydrogens (tertiary/aromatic N) is 2. The van der Waals surface area contributed by atoms with Crippen LogP contribution in [0, 0.1) is 5.92 Å². The van der Waals surface area contributed by atoms with Crippen LogP contribution in [0.25, 0.3) is 10.9 Å². The van der Waals surface area contributed by atoms with E-state index in [0.717, 1.165) is 10.9 Å². The summed E-state index contributed by atoms with van der Waals surface area (Å²) in [5.41, 5.74) is 1.01. The quantitative estimate of drug-likeness (QED) is 0.892. The van der Waals surface area contributed by atoms with Crippen LogP contribution in [0.3, 0.4) is 0 Å². The van der Waals surface area contributed by atoms with Crippen LogP contribution in [0.1, 0.15) is 6.42 Å². The van der Waals surface area contributed by atoms with Gasteiger partial charge in [0.15, 0.2) is 5.82 Å². The Morgan fingerprint density at radius 1 is 1.50 bits per heavy atom. The molecule has 1 aliphatic rings. The second-order valence-corrected chi connectivity index (χ2v) is 4.65. The van der Waals surface area contributed by atoms with Crippen LogP contribution in [0.2, 0.25) is 0 Å². The van der Waals surface area contributed by atoms with E-state index in [1.165, 1.54) is 0 Å². The van der Waals surface area contributed by atoms with Crippen molar-refractivity contribution in [2.75, 3.05) is 18.5 Å². The van der Waals surface area contributed by atoms with E-state index < -0.39 is 0 Å². The summed E-state index contributed by atoms with van der Waals surface area (Å²) in [5.74, 6) is 1.01. The number of fused-ring (bicyclic) bond motifs is 1. The lowest BCUT2D eigenvalue weighted by Crippen LogP contribution is -2.31. The zero-order valence-electron chi connectivity index (χ0n) is 10.2. The zero-order chi connectivity index (χ0) is 12.5. The first kappa shape index (κ1) is 11.2. The number of ether oxygens (including phenoxy) is 1. The Hall–Kier alpha value is -1.88. The fourth-order valence-corrected chi connectivity index (χ4v) is 2.15. The number of anilines is 1. The lowest BCUT2D eigenvalue weighted by molar-refractivity contribution is -0.121.